The van der Waals surface area contributed by atoms with E-state index in [2.05, 4.69) is 30.8 Å². The third-order valence-corrected chi connectivity index (χ3v) is 3.27. The van der Waals surface area contributed by atoms with Gasteiger partial charge in [0.1, 0.15) is 0 Å². The molecule has 0 saturated carbocycles. The zero-order valence-corrected chi connectivity index (χ0v) is 10.1. The van der Waals surface area contributed by atoms with Crippen molar-refractivity contribution in [3.8, 4) is 0 Å². The van der Waals surface area contributed by atoms with Gasteiger partial charge in [-0.2, -0.15) is 0 Å². The van der Waals surface area contributed by atoms with Crippen LogP contribution in [0, 0.1) is 5.92 Å². The van der Waals surface area contributed by atoms with Gasteiger partial charge in [0.05, 0.1) is 0 Å². The van der Waals surface area contributed by atoms with E-state index in [4.69, 9.17) is 0 Å². The predicted octanol–water partition coefficient (Wildman–Crippen LogP) is 2.06. The van der Waals surface area contributed by atoms with E-state index in [1.165, 1.54) is 51.9 Å². The quantitative estimate of drug-likeness (QED) is 0.667. The van der Waals surface area contributed by atoms with Crippen molar-refractivity contribution in [2.75, 3.05) is 40.3 Å². The van der Waals surface area contributed by atoms with Gasteiger partial charge in [-0.15, -0.1) is 0 Å². The first-order chi connectivity index (χ1) is 6.72. The lowest BCUT2D eigenvalue weighted by Gasteiger charge is -2.32. The molecule has 0 aliphatic carbocycles. The molecule has 1 rings (SSSR count). The van der Waals surface area contributed by atoms with Crippen LogP contribution in [0.5, 0.6) is 0 Å². The van der Waals surface area contributed by atoms with Crippen LogP contribution in [0.1, 0.15) is 32.6 Å². The summed E-state index contributed by atoms with van der Waals surface area (Å²) >= 11 is 0. The van der Waals surface area contributed by atoms with Crippen molar-refractivity contribution < 1.29 is 0 Å². The van der Waals surface area contributed by atoms with E-state index < -0.39 is 0 Å². The molecule has 0 amide bonds. The molecule has 0 radical (unpaired) electrons. The van der Waals surface area contributed by atoms with Gasteiger partial charge in [-0.3, -0.25) is 0 Å². The second-order valence-electron chi connectivity index (χ2n) is 4.88. The predicted molar refractivity (Wildman–Crippen MR) is 62.6 cm³/mol. The molecule has 2 nitrogen and oxygen atoms in total. The van der Waals surface area contributed by atoms with Crippen molar-refractivity contribution in [1.29, 1.82) is 0 Å². The van der Waals surface area contributed by atoms with Crippen LogP contribution in [-0.4, -0.2) is 50.1 Å². The summed E-state index contributed by atoms with van der Waals surface area (Å²) in [6.45, 7) is 7.43. The summed E-state index contributed by atoms with van der Waals surface area (Å²) in [6.07, 6.45) is 5.67. The fourth-order valence-electron chi connectivity index (χ4n) is 2.25. The molecule has 2 heteroatoms. The lowest BCUT2D eigenvalue weighted by atomic mass is 9.92. The molecule has 0 aromatic carbocycles. The molecule has 0 spiro atoms. The maximum atomic E-state index is 2.62. The summed E-state index contributed by atoms with van der Waals surface area (Å²) in [6, 6.07) is 0. The Morgan fingerprint density at radius 1 is 1.21 bits per heavy atom. The van der Waals surface area contributed by atoms with Crippen LogP contribution in [0.3, 0.4) is 0 Å². The third kappa shape index (κ3) is 4.43. The molecule has 84 valence electrons. The topological polar surface area (TPSA) is 6.48 Å². The van der Waals surface area contributed by atoms with Gasteiger partial charge in [0.2, 0.25) is 0 Å². The Morgan fingerprint density at radius 2 is 1.86 bits per heavy atom. The number of likely N-dealkylation sites (N-methyl/N-ethyl adjacent to an activating group) is 1. The minimum atomic E-state index is 1.02. The lowest BCUT2D eigenvalue weighted by molar-refractivity contribution is 0.166. The van der Waals surface area contributed by atoms with Crippen LogP contribution >= 0.6 is 0 Å². The fourth-order valence-corrected chi connectivity index (χ4v) is 2.25. The lowest BCUT2D eigenvalue weighted by Crippen LogP contribution is -2.38. The van der Waals surface area contributed by atoms with Gasteiger partial charge in [-0.1, -0.05) is 19.8 Å². The van der Waals surface area contributed by atoms with Gasteiger partial charge in [0.15, 0.2) is 0 Å². The summed E-state index contributed by atoms with van der Waals surface area (Å²) in [7, 11) is 4.31. The maximum Gasteiger partial charge on any atom is 0.0109 e. The summed E-state index contributed by atoms with van der Waals surface area (Å²) in [5.41, 5.74) is 0. The first-order valence-electron chi connectivity index (χ1n) is 6.09. The Labute approximate surface area is 89.3 Å². The van der Waals surface area contributed by atoms with Crippen LogP contribution < -0.4 is 0 Å². The molecule has 0 N–H and O–H groups in total. The van der Waals surface area contributed by atoms with E-state index >= 15 is 0 Å². The summed E-state index contributed by atoms with van der Waals surface area (Å²) in [5, 5.41) is 0. The highest BCUT2D eigenvalue weighted by atomic mass is 15.2. The molecule has 0 atom stereocenters. The molecule has 0 unspecified atom stereocenters. The Kier molecular flexibility index (Phi) is 5.49. The van der Waals surface area contributed by atoms with Crippen molar-refractivity contribution in [2.45, 2.75) is 32.6 Å². The van der Waals surface area contributed by atoms with Gasteiger partial charge in [0.25, 0.3) is 0 Å². The summed E-state index contributed by atoms with van der Waals surface area (Å²) < 4.78 is 0. The summed E-state index contributed by atoms with van der Waals surface area (Å²) in [5.74, 6) is 1.02. The van der Waals surface area contributed by atoms with Gasteiger partial charge < -0.3 is 9.80 Å². The van der Waals surface area contributed by atoms with E-state index in [9.17, 15) is 0 Å². The highest BCUT2D eigenvalue weighted by molar-refractivity contribution is 4.72. The van der Waals surface area contributed by atoms with Gasteiger partial charge >= 0.3 is 0 Å². The second kappa shape index (κ2) is 6.41. The van der Waals surface area contributed by atoms with Crippen LogP contribution in [-0.2, 0) is 0 Å². The average Bonchev–Trinajstić information content (AvgIpc) is 2.17. The summed E-state index contributed by atoms with van der Waals surface area (Å²) in [4.78, 5) is 4.89. The van der Waals surface area contributed by atoms with Crippen molar-refractivity contribution in [3.05, 3.63) is 0 Å². The molecule has 1 aliphatic heterocycles. The Balaban J connectivity index is 2.09. The van der Waals surface area contributed by atoms with Crippen LogP contribution in [0.2, 0.25) is 0 Å². The van der Waals surface area contributed by atoms with Crippen LogP contribution in [0.4, 0.5) is 0 Å². The fraction of sp³-hybridized carbons (Fsp3) is 1.00. The number of rotatable bonds is 5. The van der Waals surface area contributed by atoms with Gasteiger partial charge in [-0.05, 0) is 45.9 Å². The maximum absolute atomic E-state index is 2.62. The Bertz CT molecular complexity index is 137. The number of piperidine rings is 1. The number of hydrogen-bond acceptors (Lipinski definition) is 2. The molecule has 1 aliphatic rings. The van der Waals surface area contributed by atoms with Crippen molar-refractivity contribution in [2.24, 2.45) is 5.92 Å². The molecule has 0 aromatic heterocycles. The highest BCUT2D eigenvalue weighted by Gasteiger charge is 2.17. The number of nitrogens with zero attached hydrogens (tertiary/aromatic N) is 2. The largest absolute Gasteiger partial charge is 0.308 e. The van der Waals surface area contributed by atoms with Crippen molar-refractivity contribution in [1.82, 2.24) is 9.80 Å². The van der Waals surface area contributed by atoms with Crippen LogP contribution in [0.25, 0.3) is 0 Å². The smallest absolute Gasteiger partial charge is 0.0109 e. The van der Waals surface area contributed by atoms with Crippen LogP contribution in [0.15, 0.2) is 0 Å². The molecule has 0 aromatic rings. The van der Waals surface area contributed by atoms with E-state index in [0.717, 1.165) is 5.92 Å². The minimum absolute atomic E-state index is 1.02. The Hall–Kier alpha value is -0.0800. The zero-order valence-electron chi connectivity index (χ0n) is 10.1. The van der Waals surface area contributed by atoms with E-state index in [0.29, 0.717) is 0 Å². The molecular formula is C12H26N2. The molecule has 1 heterocycles. The Morgan fingerprint density at radius 3 is 2.36 bits per heavy atom. The molecule has 1 fully saturated rings. The van der Waals surface area contributed by atoms with Crippen molar-refractivity contribution >= 4 is 0 Å². The molecule has 14 heavy (non-hydrogen) atoms. The normalized spacial score (nSPS) is 20.6. The SMILES string of the molecule is CCCC1CCN(CCN(C)C)CC1. The van der Waals surface area contributed by atoms with E-state index in [1.54, 1.807) is 0 Å². The zero-order chi connectivity index (χ0) is 10.4. The van der Waals surface area contributed by atoms with Gasteiger partial charge in [-0.25, -0.2) is 0 Å². The van der Waals surface area contributed by atoms with E-state index in [-0.39, 0.29) is 0 Å². The molecule has 0 bridgehead atoms. The molecular weight excluding hydrogens is 172 g/mol. The standard InChI is InChI=1S/C12H26N2/c1-4-5-12-6-8-14(9-7-12)11-10-13(2)3/h12H,4-11H2,1-3H3. The second-order valence-corrected chi connectivity index (χ2v) is 4.88. The monoisotopic (exact) mass is 198 g/mol. The third-order valence-electron chi connectivity index (χ3n) is 3.27. The van der Waals surface area contributed by atoms with Crippen molar-refractivity contribution in [3.63, 3.8) is 0 Å². The highest BCUT2D eigenvalue weighted by Crippen LogP contribution is 2.21. The first-order valence-corrected chi connectivity index (χ1v) is 6.09. The van der Waals surface area contributed by atoms with Gasteiger partial charge in [0, 0.05) is 13.1 Å². The average molecular weight is 198 g/mol. The number of likely N-dealkylation sites (tertiary alicyclic amines) is 1. The molecule has 1 saturated heterocycles. The minimum Gasteiger partial charge on any atom is -0.308 e. The number of hydrogen-bond donors (Lipinski definition) is 0. The first kappa shape index (κ1) is 12.0. The van der Waals surface area contributed by atoms with E-state index in [1.807, 2.05) is 0 Å².